The number of methoxy groups -OCH3 is 1. The van der Waals surface area contributed by atoms with Gasteiger partial charge in [0.25, 0.3) is 0 Å². The van der Waals surface area contributed by atoms with Crippen LogP contribution in [0.15, 0.2) is 79.0 Å². The second-order valence-corrected chi connectivity index (χ2v) is 20.3. The summed E-state index contributed by atoms with van der Waals surface area (Å²) in [5, 5.41) is 14.7. The lowest BCUT2D eigenvalue weighted by Crippen LogP contribution is -2.51. The van der Waals surface area contributed by atoms with Gasteiger partial charge in [0.1, 0.15) is 29.6 Å². The van der Waals surface area contributed by atoms with Gasteiger partial charge in [0.05, 0.1) is 66.6 Å². The number of alkyl carbamates (subject to hydrolysis) is 1. The fourth-order valence-corrected chi connectivity index (χ4v) is 11.4. The third-order valence-corrected chi connectivity index (χ3v) is 15.1. The normalized spacial score (nSPS) is 21.3. The Balaban J connectivity index is 0.971. The number of imidazole rings is 2. The van der Waals surface area contributed by atoms with Crippen LogP contribution in [-0.2, 0) is 19.1 Å². The van der Waals surface area contributed by atoms with Crippen LogP contribution in [0.25, 0.3) is 33.2 Å². The molecule has 0 saturated carbocycles. The lowest BCUT2D eigenvalue weighted by molar-refractivity contribution is -0.136. The van der Waals surface area contributed by atoms with Gasteiger partial charge in [-0.2, -0.15) is 0 Å². The summed E-state index contributed by atoms with van der Waals surface area (Å²) in [5.74, 6) is 1.62. The molecule has 4 saturated heterocycles. The van der Waals surface area contributed by atoms with Crippen molar-refractivity contribution in [2.45, 2.75) is 102 Å². The Hall–Kier alpha value is -7.21. The van der Waals surface area contributed by atoms with Crippen LogP contribution >= 0.6 is 0 Å². The summed E-state index contributed by atoms with van der Waals surface area (Å²) >= 11 is 0. The molecule has 18 heteroatoms. The van der Waals surface area contributed by atoms with Gasteiger partial charge in [-0.15, -0.1) is 0 Å². The summed E-state index contributed by atoms with van der Waals surface area (Å²) in [6, 6.07) is 23.6. The van der Waals surface area contributed by atoms with Crippen molar-refractivity contribution in [3.8, 4) is 11.1 Å². The van der Waals surface area contributed by atoms with Crippen LogP contribution in [0.1, 0.15) is 113 Å². The molecule has 0 unspecified atom stereocenters. The second-order valence-electron chi connectivity index (χ2n) is 20.3. The lowest BCUT2D eigenvalue weighted by atomic mass is 10.0. The molecule has 378 valence electrons. The molecule has 4 fully saturated rings. The molecule has 4 aliphatic heterocycles. The molecule has 0 aliphatic carbocycles. The number of morpholine rings is 1. The standard InChI is InChI=1S/C54H65N11O7/c1-31(2)47(60-53(68)69)51(66)63-21-7-11-44(63)49-56-38-16-13-34(28-40(38)58-49)42-18-19-43(65(42)37-10-6-9-33(27-37)36-15-20-46(55-30-36)62-23-25-72-26-24-62)35-14-17-39-41(29-35)59-50(57-39)45-12-8-22-64(45)52(67)48(32(3)4)61-54(70)71-5/h6,9-10,13-17,20,27-32,42-45,47-48,60H,7-8,11-12,18-19,21-26H2,1-5H3,(H,56,58)(H,57,59)(H,61,70)(H,68,69)/t42-,43-,44+,45+,47+,48+/m1/s1. The van der Waals surface area contributed by atoms with Crippen LogP contribution in [0.2, 0.25) is 0 Å². The molecular formula is C54H65N11O7. The number of carbonyl (C=O) groups is 4. The van der Waals surface area contributed by atoms with Crippen LogP contribution in [0, 0.1) is 11.8 Å². The maximum absolute atomic E-state index is 14.0. The van der Waals surface area contributed by atoms with Gasteiger partial charge in [-0.1, -0.05) is 52.0 Å². The number of benzene rings is 3. The minimum atomic E-state index is -1.22. The Morgan fingerprint density at radius 1 is 0.681 bits per heavy atom. The Labute approximate surface area is 418 Å². The van der Waals surface area contributed by atoms with E-state index in [9.17, 15) is 24.3 Å². The highest BCUT2D eigenvalue weighted by Crippen LogP contribution is 2.48. The molecule has 10 rings (SSSR count). The van der Waals surface area contributed by atoms with E-state index >= 15 is 0 Å². The highest BCUT2D eigenvalue weighted by molar-refractivity contribution is 5.87. The largest absolute Gasteiger partial charge is 0.465 e. The number of H-pyrrole nitrogens is 2. The van der Waals surface area contributed by atoms with Crippen molar-refractivity contribution in [2.75, 3.05) is 56.3 Å². The monoisotopic (exact) mass is 980 g/mol. The van der Waals surface area contributed by atoms with E-state index in [0.717, 1.165) is 113 Å². The van der Waals surface area contributed by atoms with E-state index in [4.69, 9.17) is 24.4 Å². The number of amides is 4. The highest BCUT2D eigenvalue weighted by Gasteiger charge is 2.40. The minimum absolute atomic E-state index is 0.0193. The first-order valence-corrected chi connectivity index (χ1v) is 25.5. The highest BCUT2D eigenvalue weighted by atomic mass is 16.5. The zero-order chi connectivity index (χ0) is 50.2. The summed E-state index contributed by atoms with van der Waals surface area (Å²) < 4.78 is 10.4. The number of hydrogen-bond donors (Lipinski definition) is 5. The van der Waals surface area contributed by atoms with Crippen molar-refractivity contribution in [3.63, 3.8) is 0 Å². The predicted octanol–water partition coefficient (Wildman–Crippen LogP) is 8.42. The number of rotatable bonds is 13. The number of likely N-dealkylation sites (tertiary alicyclic amines) is 2. The first-order valence-electron chi connectivity index (χ1n) is 25.5. The number of ether oxygens (including phenoxy) is 2. The smallest absolute Gasteiger partial charge is 0.407 e. The summed E-state index contributed by atoms with van der Waals surface area (Å²) in [5.41, 5.74) is 8.77. The number of pyridine rings is 1. The van der Waals surface area contributed by atoms with Crippen molar-refractivity contribution in [2.24, 2.45) is 11.8 Å². The molecule has 0 spiro atoms. The number of hydrogen-bond acceptors (Lipinski definition) is 11. The third-order valence-electron chi connectivity index (χ3n) is 15.1. The number of nitrogens with one attached hydrogen (secondary N) is 4. The van der Waals surface area contributed by atoms with E-state index in [2.05, 4.69) is 103 Å². The van der Waals surface area contributed by atoms with Crippen LogP contribution < -0.4 is 20.4 Å². The number of nitrogens with zero attached hydrogens (tertiary/aromatic N) is 7. The first-order chi connectivity index (χ1) is 34.8. The Kier molecular flexibility index (Phi) is 13.8. The average molecular weight is 980 g/mol. The molecular weight excluding hydrogens is 915 g/mol. The fourth-order valence-electron chi connectivity index (χ4n) is 11.4. The van der Waals surface area contributed by atoms with Crippen LogP contribution in [0.5, 0.6) is 0 Å². The van der Waals surface area contributed by atoms with Crippen LogP contribution in [0.4, 0.5) is 21.1 Å². The number of fused-ring (bicyclic) bond motifs is 2. The maximum atomic E-state index is 14.0. The number of aromatic nitrogens is 5. The number of anilines is 2. The quantitative estimate of drug-likeness (QED) is 0.0738. The van der Waals surface area contributed by atoms with Gasteiger partial charge in [-0.3, -0.25) is 9.59 Å². The van der Waals surface area contributed by atoms with E-state index < -0.39 is 24.3 Å². The second kappa shape index (κ2) is 20.5. The van der Waals surface area contributed by atoms with Gasteiger partial charge in [-0.05, 0) is 116 Å². The SMILES string of the molecule is COC(=O)N[C@H](C(=O)N1CCC[C@H]1c1nc2cc([C@H]3CC[C@H](c4ccc5[nH]c([C@@H]6CCCN6C(=O)[C@@H](NC(=O)O)C(C)C)nc5c4)N3c3cccc(-c4ccc(N5CCOCC5)nc4)c3)ccc2[nH]1)C(C)C. The Morgan fingerprint density at radius 2 is 1.25 bits per heavy atom. The van der Waals surface area contributed by atoms with Gasteiger partial charge in [0.15, 0.2) is 0 Å². The van der Waals surface area contributed by atoms with E-state index in [1.54, 1.807) is 4.90 Å². The molecule has 18 nitrogen and oxygen atoms in total. The van der Waals surface area contributed by atoms with Gasteiger partial charge in [-0.25, -0.2) is 24.5 Å². The summed E-state index contributed by atoms with van der Waals surface area (Å²) in [6.07, 6.45) is 4.93. The number of carbonyl (C=O) groups excluding carboxylic acids is 3. The predicted molar refractivity (Wildman–Crippen MR) is 273 cm³/mol. The molecule has 5 N–H and O–H groups in total. The van der Waals surface area contributed by atoms with Gasteiger partial charge < -0.3 is 54.8 Å². The lowest BCUT2D eigenvalue weighted by Gasteiger charge is -2.33. The molecule has 6 atom stereocenters. The number of aromatic amines is 2. The maximum Gasteiger partial charge on any atom is 0.407 e. The van der Waals surface area contributed by atoms with Crippen LogP contribution in [-0.4, -0.2) is 122 Å². The van der Waals surface area contributed by atoms with E-state index in [1.165, 1.54) is 7.11 Å². The van der Waals surface area contributed by atoms with E-state index in [-0.39, 0.29) is 47.8 Å². The van der Waals surface area contributed by atoms with Crippen molar-refractivity contribution in [1.29, 1.82) is 0 Å². The van der Waals surface area contributed by atoms with Gasteiger partial charge in [0.2, 0.25) is 11.8 Å². The molecule has 7 heterocycles. The van der Waals surface area contributed by atoms with Crippen molar-refractivity contribution >= 4 is 57.6 Å². The molecule has 0 bridgehead atoms. The molecule has 4 aliphatic rings. The van der Waals surface area contributed by atoms with Crippen molar-refractivity contribution in [3.05, 3.63) is 102 Å². The van der Waals surface area contributed by atoms with Crippen molar-refractivity contribution in [1.82, 2.24) is 45.4 Å². The molecule has 4 amide bonds. The zero-order valence-electron chi connectivity index (χ0n) is 41.6. The minimum Gasteiger partial charge on any atom is -0.465 e. The summed E-state index contributed by atoms with van der Waals surface area (Å²) in [6.45, 7) is 11.6. The molecule has 72 heavy (non-hydrogen) atoms. The molecule has 0 radical (unpaired) electrons. The topological polar surface area (TPSA) is 214 Å². The van der Waals surface area contributed by atoms with E-state index in [1.807, 2.05) is 38.8 Å². The first kappa shape index (κ1) is 48.4. The molecule has 3 aromatic heterocycles. The Bertz CT molecular complexity index is 2950. The van der Waals surface area contributed by atoms with E-state index in [0.29, 0.717) is 32.1 Å². The van der Waals surface area contributed by atoms with Crippen LogP contribution in [0.3, 0.4) is 0 Å². The molecule has 6 aromatic rings. The van der Waals surface area contributed by atoms with Gasteiger partial charge in [0, 0.05) is 43.6 Å². The van der Waals surface area contributed by atoms with Gasteiger partial charge >= 0.3 is 12.2 Å². The molecule has 3 aromatic carbocycles. The number of carboxylic acid groups (broad SMARTS) is 1. The Morgan fingerprint density at radius 3 is 1.76 bits per heavy atom. The zero-order valence-corrected chi connectivity index (χ0v) is 41.6. The summed E-state index contributed by atoms with van der Waals surface area (Å²) in [4.78, 5) is 82.3. The fraction of sp³-hybridized carbons (Fsp3) is 0.463. The summed E-state index contributed by atoms with van der Waals surface area (Å²) in [7, 11) is 1.30. The average Bonchev–Trinajstić information content (AvgIpc) is 4.26. The van der Waals surface area contributed by atoms with Crippen molar-refractivity contribution < 1.29 is 33.8 Å². The third kappa shape index (κ3) is 9.63.